The van der Waals surface area contributed by atoms with Gasteiger partial charge in [-0.15, -0.1) is 0 Å². The first kappa shape index (κ1) is 21.2. The summed E-state index contributed by atoms with van der Waals surface area (Å²) in [7, 11) is 0. The topological polar surface area (TPSA) is 57.7 Å². The number of amides is 2. The molecular weight excluding hydrogens is 447 g/mol. The highest BCUT2D eigenvalue weighted by atomic mass is 35.5. The molecule has 0 N–H and O–H groups in total. The predicted octanol–water partition coefficient (Wildman–Crippen LogP) is 5.12. The molecule has 3 aliphatic heterocycles. The Balaban J connectivity index is 1.68. The standard InChI is InChI=1S/C25H22Cl2N2O3/c1-25(2,3)22(30)21-19-18(20-15-7-5-4-6-13(15)10-11-28(20)21)23(31)29(24(19)32)17-9-8-14(26)12-16(17)27/h4-12,18-21H,1-3H3. The molecule has 0 aromatic heterocycles. The number of carbonyl (C=O) groups excluding carboxylic acids is 3. The largest absolute Gasteiger partial charge is 0.359 e. The van der Waals surface area contributed by atoms with E-state index in [-0.39, 0.29) is 16.7 Å². The van der Waals surface area contributed by atoms with Crippen LogP contribution in [-0.2, 0) is 14.4 Å². The van der Waals surface area contributed by atoms with Crippen LogP contribution in [0.4, 0.5) is 5.69 Å². The van der Waals surface area contributed by atoms with E-state index in [9.17, 15) is 14.4 Å². The molecule has 2 saturated heterocycles. The van der Waals surface area contributed by atoms with Crippen molar-refractivity contribution in [3.63, 3.8) is 0 Å². The Bertz CT molecular complexity index is 1200. The number of carbonyl (C=O) groups is 3. The molecule has 4 atom stereocenters. The van der Waals surface area contributed by atoms with Crippen molar-refractivity contribution in [2.45, 2.75) is 32.9 Å². The van der Waals surface area contributed by atoms with Crippen LogP contribution < -0.4 is 4.90 Å². The Morgan fingerprint density at radius 3 is 2.34 bits per heavy atom. The Hall–Kier alpha value is -2.63. The number of fused-ring (bicyclic) bond motifs is 5. The van der Waals surface area contributed by atoms with Gasteiger partial charge in [0, 0.05) is 16.6 Å². The molecule has 0 radical (unpaired) electrons. The summed E-state index contributed by atoms with van der Waals surface area (Å²) in [5.41, 5.74) is 1.55. The summed E-state index contributed by atoms with van der Waals surface area (Å²) >= 11 is 12.4. The van der Waals surface area contributed by atoms with Crippen LogP contribution in [0.1, 0.15) is 37.9 Å². The smallest absolute Gasteiger partial charge is 0.240 e. The van der Waals surface area contributed by atoms with Crippen molar-refractivity contribution >= 4 is 52.6 Å². The summed E-state index contributed by atoms with van der Waals surface area (Å²) in [6.07, 6.45) is 3.80. The highest BCUT2D eigenvalue weighted by Crippen LogP contribution is 2.54. The van der Waals surface area contributed by atoms with Crippen molar-refractivity contribution in [1.82, 2.24) is 4.90 Å². The first-order valence-corrected chi connectivity index (χ1v) is 11.3. The molecule has 0 spiro atoms. The zero-order valence-electron chi connectivity index (χ0n) is 17.9. The van der Waals surface area contributed by atoms with Crippen LogP contribution in [0.3, 0.4) is 0 Å². The molecular formula is C25H22Cl2N2O3. The van der Waals surface area contributed by atoms with Gasteiger partial charge in [-0.1, -0.05) is 68.2 Å². The molecule has 3 heterocycles. The highest BCUT2D eigenvalue weighted by Gasteiger charge is 2.65. The molecule has 7 heteroatoms. The van der Waals surface area contributed by atoms with Gasteiger partial charge in [0.05, 0.1) is 28.6 Å². The van der Waals surface area contributed by atoms with E-state index < -0.39 is 35.2 Å². The molecule has 5 rings (SSSR count). The van der Waals surface area contributed by atoms with E-state index in [0.29, 0.717) is 10.7 Å². The lowest BCUT2D eigenvalue weighted by Gasteiger charge is -2.37. The fourth-order valence-electron chi connectivity index (χ4n) is 5.20. The van der Waals surface area contributed by atoms with E-state index in [1.807, 2.05) is 62.2 Å². The lowest BCUT2D eigenvalue weighted by molar-refractivity contribution is -0.135. The minimum atomic E-state index is -0.790. The van der Waals surface area contributed by atoms with E-state index in [1.165, 1.54) is 6.07 Å². The van der Waals surface area contributed by atoms with Crippen LogP contribution >= 0.6 is 23.2 Å². The van der Waals surface area contributed by atoms with Crippen molar-refractivity contribution < 1.29 is 14.4 Å². The number of ketones is 1. The number of hydrogen-bond donors (Lipinski definition) is 0. The van der Waals surface area contributed by atoms with Crippen LogP contribution in [0.2, 0.25) is 10.0 Å². The van der Waals surface area contributed by atoms with Crippen LogP contribution in [0.5, 0.6) is 0 Å². The van der Waals surface area contributed by atoms with Gasteiger partial charge in [0.25, 0.3) is 0 Å². The summed E-state index contributed by atoms with van der Waals surface area (Å²) in [5.74, 6) is -2.27. The van der Waals surface area contributed by atoms with Gasteiger partial charge in [0.1, 0.15) is 6.04 Å². The fraction of sp³-hybridized carbons (Fsp3) is 0.320. The summed E-state index contributed by atoms with van der Waals surface area (Å²) in [4.78, 5) is 44.2. The Labute approximate surface area is 196 Å². The molecule has 2 aromatic rings. The number of imide groups is 1. The lowest BCUT2D eigenvalue weighted by Crippen LogP contribution is -2.47. The molecule has 3 aliphatic rings. The third kappa shape index (κ3) is 2.95. The quantitative estimate of drug-likeness (QED) is 0.573. The Morgan fingerprint density at radius 2 is 1.66 bits per heavy atom. The van der Waals surface area contributed by atoms with Gasteiger partial charge in [-0.3, -0.25) is 14.4 Å². The lowest BCUT2D eigenvalue weighted by atomic mass is 9.79. The van der Waals surface area contributed by atoms with Gasteiger partial charge in [0.2, 0.25) is 11.8 Å². The second-order valence-electron chi connectivity index (χ2n) is 9.55. The third-order valence-corrected chi connectivity index (χ3v) is 7.16. The number of Topliss-reactive ketones (excluding diaryl/α,β-unsaturated/α-hetero) is 1. The zero-order chi connectivity index (χ0) is 22.9. The molecule has 0 aliphatic carbocycles. The van der Waals surface area contributed by atoms with Gasteiger partial charge in [-0.2, -0.15) is 0 Å². The van der Waals surface area contributed by atoms with E-state index in [2.05, 4.69) is 0 Å². The van der Waals surface area contributed by atoms with Gasteiger partial charge >= 0.3 is 0 Å². The second-order valence-corrected chi connectivity index (χ2v) is 10.4. The molecule has 32 heavy (non-hydrogen) atoms. The average molecular weight is 469 g/mol. The van der Waals surface area contributed by atoms with Crippen molar-refractivity contribution in [2.75, 3.05) is 4.90 Å². The Kier molecular flexibility index (Phi) is 4.77. The minimum absolute atomic E-state index is 0.0655. The number of nitrogens with zero attached hydrogens (tertiary/aromatic N) is 2. The zero-order valence-corrected chi connectivity index (χ0v) is 19.4. The van der Waals surface area contributed by atoms with Crippen LogP contribution in [0.25, 0.3) is 6.08 Å². The van der Waals surface area contributed by atoms with Gasteiger partial charge in [-0.25, -0.2) is 4.90 Å². The minimum Gasteiger partial charge on any atom is -0.359 e. The molecule has 2 amide bonds. The van der Waals surface area contributed by atoms with E-state index in [4.69, 9.17) is 23.2 Å². The van der Waals surface area contributed by atoms with Crippen molar-refractivity contribution in [3.8, 4) is 0 Å². The molecule has 2 fully saturated rings. The summed E-state index contributed by atoms with van der Waals surface area (Å²) in [6.45, 7) is 5.52. The highest BCUT2D eigenvalue weighted by molar-refractivity contribution is 6.38. The summed E-state index contributed by atoms with van der Waals surface area (Å²) in [5, 5.41) is 0.634. The maximum Gasteiger partial charge on any atom is 0.240 e. The molecule has 164 valence electrons. The Morgan fingerprint density at radius 1 is 0.969 bits per heavy atom. The second kappa shape index (κ2) is 7.19. The van der Waals surface area contributed by atoms with Crippen molar-refractivity contribution in [3.05, 3.63) is 69.8 Å². The molecule has 0 saturated carbocycles. The molecule has 0 bridgehead atoms. The van der Waals surface area contributed by atoms with E-state index in [0.717, 1.165) is 16.0 Å². The molecule has 4 unspecified atom stereocenters. The number of halogens is 2. The van der Waals surface area contributed by atoms with Crippen molar-refractivity contribution in [2.24, 2.45) is 17.3 Å². The van der Waals surface area contributed by atoms with Gasteiger partial charge < -0.3 is 4.90 Å². The fourth-order valence-corrected chi connectivity index (χ4v) is 5.69. The summed E-state index contributed by atoms with van der Waals surface area (Å²) < 4.78 is 0. The number of benzene rings is 2. The SMILES string of the molecule is CC(C)(C)C(=O)C1C2C(=O)N(c3ccc(Cl)cc3Cl)C(=O)C2C2c3ccccc3C=CN12. The van der Waals surface area contributed by atoms with E-state index in [1.54, 1.807) is 12.1 Å². The first-order valence-electron chi connectivity index (χ1n) is 10.5. The summed E-state index contributed by atoms with van der Waals surface area (Å²) in [6, 6.07) is 11.3. The van der Waals surface area contributed by atoms with Gasteiger partial charge in [0.15, 0.2) is 5.78 Å². The first-order chi connectivity index (χ1) is 15.1. The average Bonchev–Trinajstić information content (AvgIpc) is 3.20. The van der Waals surface area contributed by atoms with Crippen LogP contribution in [0.15, 0.2) is 48.7 Å². The number of hydrogen-bond acceptors (Lipinski definition) is 4. The molecule has 2 aromatic carbocycles. The molecule has 5 nitrogen and oxygen atoms in total. The van der Waals surface area contributed by atoms with E-state index >= 15 is 0 Å². The maximum absolute atomic E-state index is 13.8. The maximum atomic E-state index is 13.8. The van der Waals surface area contributed by atoms with Crippen molar-refractivity contribution in [1.29, 1.82) is 0 Å². The number of rotatable bonds is 2. The normalized spacial score (nSPS) is 26.3. The van der Waals surface area contributed by atoms with Gasteiger partial charge in [-0.05, 0) is 35.4 Å². The third-order valence-electron chi connectivity index (χ3n) is 6.62. The monoisotopic (exact) mass is 468 g/mol. The van der Waals surface area contributed by atoms with Crippen LogP contribution in [-0.4, -0.2) is 28.5 Å². The number of anilines is 1. The van der Waals surface area contributed by atoms with Crippen LogP contribution in [0, 0.1) is 17.3 Å². The predicted molar refractivity (Wildman–Crippen MR) is 124 cm³/mol.